The van der Waals surface area contributed by atoms with Gasteiger partial charge in [0.05, 0.1) is 5.69 Å². The van der Waals surface area contributed by atoms with Gasteiger partial charge in [0, 0.05) is 88.2 Å². The summed E-state index contributed by atoms with van der Waals surface area (Å²) < 4.78 is 5.70. The molecule has 3 N–H and O–H groups in total. The predicted octanol–water partition coefficient (Wildman–Crippen LogP) is 3.67. The number of amides is 1. The third-order valence-corrected chi connectivity index (χ3v) is 10.4. The summed E-state index contributed by atoms with van der Waals surface area (Å²) in [6.45, 7) is 11.3. The lowest BCUT2D eigenvalue weighted by Crippen LogP contribution is -2.63. The molecule has 3 aromatic rings. The van der Waals surface area contributed by atoms with E-state index in [1.807, 2.05) is 18.2 Å². The van der Waals surface area contributed by atoms with Crippen LogP contribution in [0.5, 0.6) is 0 Å². The molecule has 1 spiro atoms. The minimum atomic E-state index is -0.630. The fourth-order valence-electron chi connectivity index (χ4n) is 7.57. The topological polar surface area (TPSA) is 116 Å². The molecule has 45 heavy (non-hydrogen) atoms. The smallest absolute Gasteiger partial charge is 0.271 e. The Morgan fingerprint density at radius 3 is 2.40 bits per heavy atom. The Morgan fingerprint density at radius 1 is 0.978 bits per heavy atom. The summed E-state index contributed by atoms with van der Waals surface area (Å²) in [6, 6.07) is 12.7. The fraction of sp³-hybridized carbons (Fsp3) is 0.529. The molecule has 7 rings (SSSR count). The number of carbonyl (C=O) groups is 1. The molecular weight excluding hydrogens is 566 g/mol. The Balaban J connectivity index is 1.14. The second kappa shape index (κ2) is 12.5. The third-order valence-electron chi connectivity index (χ3n) is 10.4. The predicted molar refractivity (Wildman–Crippen MR) is 177 cm³/mol. The maximum absolute atomic E-state index is 12.8. The number of piperidine rings is 1. The summed E-state index contributed by atoms with van der Waals surface area (Å²) in [6.07, 6.45) is 7.06. The highest BCUT2D eigenvalue weighted by Gasteiger charge is 2.47. The molecule has 0 aliphatic carbocycles. The molecule has 4 fully saturated rings. The normalized spacial score (nSPS) is 21.1. The average Bonchev–Trinajstić information content (AvgIpc) is 3.06. The maximum atomic E-state index is 12.8. The number of hydrogen-bond acceptors (Lipinski definition) is 10. The lowest BCUT2D eigenvalue weighted by molar-refractivity contribution is 0.0285. The number of pyridine rings is 1. The summed E-state index contributed by atoms with van der Waals surface area (Å²) in [5.74, 6) is 0.465. The zero-order chi connectivity index (χ0) is 31.0. The molecule has 0 saturated carbocycles. The number of aromatic nitrogens is 3. The molecule has 1 aromatic carbocycles. The number of carbonyl (C=O) groups excluding carboxylic acids is 1. The van der Waals surface area contributed by atoms with Crippen LogP contribution < -0.4 is 20.9 Å². The van der Waals surface area contributed by atoms with Crippen molar-refractivity contribution in [2.75, 3.05) is 81.2 Å². The van der Waals surface area contributed by atoms with Crippen LogP contribution in [0.1, 0.15) is 48.2 Å². The molecule has 11 nitrogen and oxygen atoms in total. The van der Waals surface area contributed by atoms with Crippen molar-refractivity contribution in [3.05, 3.63) is 53.9 Å². The quantitative estimate of drug-likeness (QED) is 0.410. The van der Waals surface area contributed by atoms with E-state index >= 15 is 0 Å². The van der Waals surface area contributed by atoms with Crippen LogP contribution in [0.4, 0.5) is 23.0 Å². The minimum absolute atomic E-state index is 0.0159. The fourth-order valence-corrected chi connectivity index (χ4v) is 7.57. The summed E-state index contributed by atoms with van der Waals surface area (Å²) in [7, 11) is 2.22. The van der Waals surface area contributed by atoms with Crippen LogP contribution >= 0.6 is 0 Å². The van der Waals surface area contributed by atoms with Gasteiger partial charge in [-0.05, 0) is 82.0 Å². The summed E-state index contributed by atoms with van der Waals surface area (Å²) in [5, 5.41) is 3.42. The molecule has 6 heterocycles. The highest BCUT2D eigenvalue weighted by atomic mass is 16.5. The van der Waals surface area contributed by atoms with Gasteiger partial charge in [0.25, 0.3) is 5.91 Å². The van der Waals surface area contributed by atoms with Crippen molar-refractivity contribution in [1.29, 1.82) is 0 Å². The molecule has 0 unspecified atom stereocenters. The molecule has 238 valence electrons. The molecule has 0 atom stereocenters. The maximum Gasteiger partial charge on any atom is 0.271 e. The Labute approximate surface area is 265 Å². The number of aryl methyl sites for hydroxylation is 1. The van der Waals surface area contributed by atoms with E-state index in [4.69, 9.17) is 20.4 Å². The van der Waals surface area contributed by atoms with Crippen molar-refractivity contribution in [3.63, 3.8) is 0 Å². The van der Waals surface area contributed by atoms with Crippen LogP contribution in [-0.4, -0.2) is 108 Å². The number of likely N-dealkylation sites (N-methyl/N-ethyl adjacent to an activating group) is 1. The number of anilines is 4. The van der Waals surface area contributed by atoms with E-state index in [0.29, 0.717) is 23.2 Å². The SMILES string of the molecule is Cc1cc(Nc2nc(N3CCC34CCOCC4)c(-c3ccccn3)nc2C(N)=O)ccc1N1CCC(N2CCN(C)CC2)CC1. The zero-order valence-corrected chi connectivity index (χ0v) is 26.5. The van der Waals surface area contributed by atoms with E-state index in [1.54, 1.807) is 6.20 Å². The first kappa shape index (κ1) is 29.9. The second-order valence-electron chi connectivity index (χ2n) is 13.1. The number of nitrogens with two attached hydrogens (primary N) is 1. The van der Waals surface area contributed by atoms with Crippen LogP contribution in [-0.2, 0) is 4.74 Å². The number of nitrogens with zero attached hydrogens (tertiary/aromatic N) is 7. The number of ether oxygens (including phenoxy) is 1. The first-order valence-electron chi connectivity index (χ1n) is 16.4. The van der Waals surface area contributed by atoms with Crippen LogP contribution in [0, 0.1) is 6.92 Å². The molecule has 11 heteroatoms. The Bertz CT molecular complexity index is 1510. The van der Waals surface area contributed by atoms with Crippen LogP contribution in [0.15, 0.2) is 42.6 Å². The van der Waals surface area contributed by atoms with Crippen molar-refractivity contribution in [3.8, 4) is 11.4 Å². The van der Waals surface area contributed by atoms with Crippen molar-refractivity contribution in [2.45, 2.75) is 50.6 Å². The number of piperazine rings is 1. The van der Waals surface area contributed by atoms with Gasteiger partial charge in [-0.2, -0.15) is 0 Å². The van der Waals surface area contributed by atoms with Crippen molar-refractivity contribution >= 4 is 28.9 Å². The van der Waals surface area contributed by atoms with E-state index in [1.165, 1.54) is 37.2 Å². The van der Waals surface area contributed by atoms with Crippen molar-refractivity contribution in [2.24, 2.45) is 5.73 Å². The molecular formula is C34H45N9O2. The second-order valence-corrected chi connectivity index (χ2v) is 13.1. The molecule has 0 bridgehead atoms. The van der Waals surface area contributed by atoms with Crippen LogP contribution in [0.3, 0.4) is 0 Å². The highest BCUT2D eigenvalue weighted by Crippen LogP contribution is 2.45. The van der Waals surface area contributed by atoms with Gasteiger partial charge in [-0.3, -0.25) is 14.7 Å². The monoisotopic (exact) mass is 611 g/mol. The Hall–Kier alpha value is -3.80. The van der Waals surface area contributed by atoms with Crippen molar-refractivity contribution in [1.82, 2.24) is 24.8 Å². The summed E-state index contributed by atoms with van der Waals surface area (Å²) in [5.41, 5.74) is 10.5. The number of primary amides is 1. The van der Waals surface area contributed by atoms with Crippen LogP contribution in [0.2, 0.25) is 0 Å². The molecule has 4 saturated heterocycles. The van der Waals surface area contributed by atoms with Gasteiger partial charge in [0.15, 0.2) is 17.3 Å². The van der Waals surface area contributed by atoms with Gasteiger partial charge in [0.1, 0.15) is 5.69 Å². The average molecular weight is 612 g/mol. The number of hydrogen-bond donors (Lipinski definition) is 2. The van der Waals surface area contributed by atoms with Gasteiger partial charge in [0.2, 0.25) is 0 Å². The van der Waals surface area contributed by atoms with Gasteiger partial charge >= 0.3 is 0 Å². The standard InChI is InChI=1S/C34H45N9O2/c1-24-23-25(6-7-28(24)42-14-8-26(9-15-42)41-19-17-40(2)18-20-41)37-32-30(31(35)44)38-29(27-5-3-4-13-36-27)33(39-32)43-16-10-34(43)11-21-45-22-12-34/h3-7,13,23,26H,8-12,14-22H2,1-2H3,(H2,35,44)(H,37,39). The van der Waals surface area contributed by atoms with E-state index in [9.17, 15) is 4.79 Å². The Kier molecular flexibility index (Phi) is 8.32. The summed E-state index contributed by atoms with van der Waals surface area (Å²) >= 11 is 0. The van der Waals surface area contributed by atoms with Gasteiger partial charge in [-0.1, -0.05) is 6.07 Å². The lowest BCUT2D eigenvalue weighted by atomic mass is 9.78. The van der Waals surface area contributed by atoms with Crippen LogP contribution in [0.25, 0.3) is 11.4 Å². The van der Waals surface area contributed by atoms with Crippen molar-refractivity contribution < 1.29 is 9.53 Å². The molecule has 0 radical (unpaired) electrons. The minimum Gasteiger partial charge on any atom is -0.381 e. The van der Waals surface area contributed by atoms with Gasteiger partial charge < -0.3 is 30.5 Å². The van der Waals surface area contributed by atoms with E-state index in [2.05, 4.69) is 62.1 Å². The van der Waals surface area contributed by atoms with Gasteiger partial charge in [-0.15, -0.1) is 0 Å². The van der Waals surface area contributed by atoms with E-state index < -0.39 is 5.91 Å². The number of benzene rings is 1. The largest absolute Gasteiger partial charge is 0.381 e. The highest BCUT2D eigenvalue weighted by molar-refractivity contribution is 5.97. The van der Waals surface area contributed by atoms with Gasteiger partial charge in [-0.25, -0.2) is 9.97 Å². The Morgan fingerprint density at radius 2 is 1.76 bits per heavy atom. The first-order valence-corrected chi connectivity index (χ1v) is 16.4. The molecule has 4 aliphatic rings. The number of rotatable bonds is 7. The van der Waals surface area contributed by atoms with E-state index in [-0.39, 0.29) is 11.2 Å². The summed E-state index contributed by atoms with van der Waals surface area (Å²) in [4.78, 5) is 37.2. The third kappa shape index (κ3) is 5.96. The lowest BCUT2D eigenvalue weighted by Gasteiger charge is -2.55. The first-order chi connectivity index (χ1) is 21.9. The number of nitrogens with one attached hydrogen (secondary N) is 1. The zero-order valence-electron chi connectivity index (χ0n) is 26.5. The molecule has 4 aliphatic heterocycles. The molecule has 2 aromatic heterocycles. The molecule has 1 amide bonds. The van der Waals surface area contributed by atoms with E-state index in [0.717, 1.165) is 76.7 Å².